The molecular formula is C18H19F2O3-. The van der Waals surface area contributed by atoms with Crippen LogP contribution in [0.25, 0.3) is 0 Å². The van der Waals surface area contributed by atoms with Crippen LogP contribution in [0.5, 0.6) is 5.75 Å². The highest BCUT2D eigenvalue weighted by molar-refractivity contribution is 5.77. The van der Waals surface area contributed by atoms with Crippen molar-refractivity contribution in [1.82, 2.24) is 0 Å². The molecule has 2 aromatic rings. The van der Waals surface area contributed by atoms with E-state index in [0.717, 1.165) is 5.56 Å². The Hall–Kier alpha value is -2.30. The molecule has 0 saturated carbocycles. The fraction of sp³-hybridized carbons (Fsp3) is 0.333. The summed E-state index contributed by atoms with van der Waals surface area (Å²) >= 11 is 0. The molecular weight excluding hydrogens is 302 g/mol. The summed E-state index contributed by atoms with van der Waals surface area (Å²) in [6, 6.07) is 14.0. The van der Waals surface area contributed by atoms with Gasteiger partial charge in [0.05, 0.1) is 13.7 Å². The Morgan fingerprint density at radius 2 is 1.96 bits per heavy atom. The minimum atomic E-state index is -3.54. The molecule has 2 rings (SSSR count). The Kier molecular flexibility index (Phi) is 5.42. The standard InChI is InChI=1S/C18H19F2O3/c1-3-23-17(21)18(19,20)12-16(13-6-4-5-7-13)14-8-10-15(22-2)11-9-14/h4-11,16H,3,12H2,1-2H3/q-1. The van der Waals surface area contributed by atoms with Crippen LogP contribution in [0.15, 0.2) is 48.5 Å². The third kappa shape index (κ3) is 4.12. The lowest BCUT2D eigenvalue weighted by molar-refractivity contribution is -0.172. The molecule has 0 fully saturated rings. The average molecular weight is 321 g/mol. The predicted molar refractivity (Wildman–Crippen MR) is 83.1 cm³/mol. The summed E-state index contributed by atoms with van der Waals surface area (Å²) in [5, 5.41) is 0. The Labute approximate surface area is 134 Å². The summed E-state index contributed by atoms with van der Waals surface area (Å²) in [5.74, 6) is -4.98. The Morgan fingerprint density at radius 1 is 1.26 bits per heavy atom. The number of esters is 1. The third-order valence-electron chi connectivity index (χ3n) is 3.64. The second kappa shape index (κ2) is 7.31. The van der Waals surface area contributed by atoms with E-state index < -0.39 is 24.2 Å². The van der Waals surface area contributed by atoms with E-state index in [1.165, 1.54) is 6.92 Å². The second-order valence-corrected chi connectivity index (χ2v) is 5.17. The molecule has 1 unspecified atom stereocenters. The summed E-state index contributed by atoms with van der Waals surface area (Å²) in [7, 11) is 1.54. The molecule has 0 amide bonds. The van der Waals surface area contributed by atoms with Crippen LogP contribution in [-0.4, -0.2) is 25.6 Å². The summed E-state index contributed by atoms with van der Waals surface area (Å²) < 4.78 is 37.9. The van der Waals surface area contributed by atoms with Crippen LogP contribution in [-0.2, 0) is 9.53 Å². The molecule has 0 spiro atoms. The second-order valence-electron chi connectivity index (χ2n) is 5.17. The molecule has 0 aliphatic heterocycles. The number of hydrogen-bond acceptors (Lipinski definition) is 3. The van der Waals surface area contributed by atoms with E-state index in [0.29, 0.717) is 11.3 Å². The molecule has 2 aromatic carbocycles. The van der Waals surface area contributed by atoms with Crippen LogP contribution < -0.4 is 4.74 Å². The number of alkyl halides is 2. The molecule has 0 bridgehead atoms. The third-order valence-corrected chi connectivity index (χ3v) is 3.64. The lowest BCUT2D eigenvalue weighted by Crippen LogP contribution is -2.33. The fourth-order valence-corrected chi connectivity index (χ4v) is 2.46. The molecule has 0 N–H and O–H groups in total. The monoisotopic (exact) mass is 321 g/mol. The van der Waals surface area contributed by atoms with Gasteiger partial charge in [-0.25, -0.2) is 16.9 Å². The summed E-state index contributed by atoms with van der Waals surface area (Å²) in [4.78, 5) is 11.5. The Bertz CT molecular complexity index is 618. The maximum atomic E-state index is 14.2. The number of halogens is 2. The predicted octanol–water partition coefficient (Wildman–Crippen LogP) is 4.13. The van der Waals surface area contributed by atoms with Crippen molar-refractivity contribution in [2.24, 2.45) is 0 Å². The van der Waals surface area contributed by atoms with E-state index in [1.807, 2.05) is 0 Å². The smallest absolute Gasteiger partial charge is 0.376 e. The van der Waals surface area contributed by atoms with Crippen molar-refractivity contribution in [3.05, 3.63) is 59.7 Å². The van der Waals surface area contributed by atoms with Gasteiger partial charge >= 0.3 is 11.9 Å². The molecule has 0 radical (unpaired) electrons. The zero-order valence-corrected chi connectivity index (χ0v) is 13.1. The zero-order valence-electron chi connectivity index (χ0n) is 13.1. The van der Waals surface area contributed by atoms with Crippen molar-refractivity contribution >= 4 is 5.97 Å². The number of carbonyl (C=O) groups is 1. The molecule has 23 heavy (non-hydrogen) atoms. The van der Waals surface area contributed by atoms with Crippen molar-refractivity contribution in [2.75, 3.05) is 13.7 Å². The molecule has 0 aliphatic carbocycles. The molecule has 0 aliphatic rings. The first kappa shape index (κ1) is 17.1. The van der Waals surface area contributed by atoms with Crippen molar-refractivity contribution in [3.63, 3.8) is 0 Å². The molecule has 0 heterocycles. The van der Waals surface area contributed by atoms with Gasteiger partial charge in [0.1, 0.15) is 5.75 Å². The number of hydrogen-bond donors (Lipinski definition) is 0. The van der Waals surface area contributed by atoms with E-state index in [4.69, 9.17) is 4.74 Å². The zero-order chi connectivity index (χ0) is 16.9. The summed E-state index contributed by atoms with van der Waals surface area (Å²) in [6.07, 6.45) is -0.637. The van der Waals surface area contributed by atoms with Gasteiger partial charge < -0.3 is 9.47 Å². The maximum absolute atomic E-state index is 14.2. The Balaban J connectivity index is 2.29. The van der Waals surface area contributed by atoms with E-state index in [-0.39, 0.29) is 6.61 Å². The van der Waals surface area contributed by atoms with Gasteiger partial charge in [-0.1, -0.05) is 12.1 Å². The number of rotatable bonds is 7. The van der Waals surface area contributed by atoms with Crippen LogP contribution in [0.1, 0.15) is 30.4 Å². The van der Waals surface area contributed by atoms with Crippen molar-refractivity contribution < 1.29 is 23.0 Å². The van der Waals surface area contributed by atoms with E-state index in [9.17, 15) is 13.6 Å². The molecule has 1 atom stereocenters. The minimum Gasteiger partial charge on any atom is -0.497 e. The molecule has 3 nitrogen and oxygen atoms in total. The van der Waals surface area contributed by atoms with Crippen LogP contribution in [0.2, 0.25) is 0 Å². The van der Waals surface area contributed by atoms with Crippen molar-refractivity contribution in [1.29, 1.82) is 0 Å². The van der Waals surface area contributed by atoms with E-state index in [2.05, 4.69) is 4.74 Å². The quantitative estimate of drug-likeness (QED) is 0.568. The molecule has 124 valence electrons. The number of carbonyl (C=O) groups excluding carboxylic acids is 1. The molecule has 0 aromatic heterocycles. The largest absolute Gasteiger partial charge is 0.497 e. The van der Waals surface area contributed by atoms with Crippen LogP contribution in [0.3, 0.4) is 0 Å². The van der Waals surface area contributed by atoms with Gasteiger partial charge in [-0.15, -0.1) is 0 Å². The van der Waals surface area contributed by atoms with Gasteiger partial charge in [-0.2, -0.15) is 26.5 Å². The van der Waals surface area contributed by atoms with Crippen LogP contribution in [0, 0.1) is 0 Å². The van der Waals surface area contributed by atoms with Gasteiger partial charge in [0.2, 0.25) is 0 Å². The number of benzene rings is 1. The lowest BCUT2D eigenvalue weighted by Gasteiger charge is -2.24. The molecule has 0 saturated heterocycles. The maximum Gasteiger partial charge on any atom is 0.376 e. The highest BCUT2D eigenvalue weighted by Gasteiger charge is 2.42. The van der Waals surface area contributed by atoms with Crippen molar-refractivity contribution in [2.45, 2.75) is 25.2 Å². The summed E-state index contributed by atoms with van der Waals surface area (Å²) in [5.41, 5.74) is 1.43. The first-order valence-electron chi connectivity index (χ1n) is 7.38. The highest BCUT2D eigenvalue weighted by Crippen LogP contribution is 2.36. The topological polar surface area (TPSA) is 35.5 Å². The normalized spacial score (nSPS) is 12.7. The van der Waals surface area contributed by atoms with E-state index in [1.54, 1.807) is 55.6 Å². The van der Waals surface area contributed by atoms with Gasteiger partial charge in [-0.05, 0) is 30.5 Å². The average Bonchev–Trinajstić information content (AvgIpc) is 3.07. The van der Waals surface area contributed by atoms with Crippen LogP contribution >= 0.6 is 0 Å². The van der Waals surface area contributed by atoms with E-state index >= 15 is 0 Å². The first-order chi connectivity index (χ1) is 11.0. The number of methoxy groups -OCH3 is 1. The fourth-order valence-electron chi connectivity index (χ4n) is 2.46. The highest BCUT2D eigenvalue weighted by atomic mass is 19.3. The summed E-state index contributed by atoms with van der Waals surface area (Å²) in [6.45, 7) is 1.43. The van der Waals surface area contributed by atoms with Gasteiger partial charge in [0, 0.05) is 6.42 Å². The van der Waals surface area contributed by atoms with Gasteiger partial charge in [-0.3, -0.25) is 0 Å². The molecule has 5 heteroatoms. The Morgan fingerprint density at radius 3 is 2.48 bits per heavy atom. The SMILES string of the molecule is CCOC(=O)C(F)(F)CC(c1ccc(OC)cc1)c1ccc[cH-]1. The number of ether oxygens (including phenoxy) is 2. The minimum absolute atomic E-state index is 0.0714. The van der Waals surface area contributed by atoms with Gasteiger partial charge in [0.25, 0.3) is 0 Å². The first-order valence-corrected chi connectivity index (χ1v) is 7.38. The van der Waals surface area contributed by atoms with Gasteiger partial charge in [0.15, 0.2) is 0 Å². The lowest BCUT2D eigenvalue weighted by atomic mass is 9.87. The van der Waals surface area contributed by atoms with Crippen LogP contribution in [0.4, 0.5) is 8.78 Å². The van der Waals surface area contributed by atoms with Crippen molar-refractivity contribution in [3.8, 4) is 5.75 Å².